The summed E-state index contributed by atoms with van der Waals surface area (Å²) in [7, 11) is 0. The van der Waals surface area contributed by atoms with Gasteiger partial charge in [0.05, 0.1) is 0 Å². The highest BCUT2D eigenvalue weighted by molar-refractivity contribution is 5.67. The van der Waals surface area contributed by atoms with E-state index in [1.165, 1.54) is 18.4 Å². The van der Waals surface area contributed by atoms with Crippen LogP contribution in [0, 0.1) is 11.8 Å². The zero-order valence-corrected chi connectivity index (χ0v) is 8.73. The third-order valence-electron chi connectivity index (χ3n) is 3.07. The van der Waals surface area contributed by atoms with Crippen LogP contribution in [0.3, 0.4) is 0 Å². The number of hydrogen-bond acceptors (Lipinski definition) is 1. The first kappa shape index (κ1) is 10.2. The maximum atomic E-state index is 10.7. The Hall–Kier alpha value is -1.31. The van der Waals surface area contributed by atoms with Crippen molar-refractivity contribution in [1.29, 1.82) is 0 Å². The average molecular weight is 204 g/mol. The molecule has 0 radical (unpaired) electrons. The quantitative estimate of drug-likeness (QED) is 0.800. The summed E-state index contributed by atoms with van der Waals surface area (Å²) in [6, 6.07) is 10.2. The molecule has 0 aliphatic heterocycles. The van der Waals surface area contributed by atoms with Gasteiger partial charge in [-0.15, -0.1) is 0 Å². The van der Waals surface area contributed by atoms with Gasteiger partial charge in [0.1, 0.15) is 0 Å². The normalized spacial score (nSPS) is 17.3. The van der Waals surface area contributed by atoms with E-state index >= 15 is 0 Å². The van der Waals surface area contributed by atoms with Crippen molar-refractivity contribution in [1.82, 2.24) is 0 Å². The molecule has 2 rings (SSSR count). The van der Waals surface area contributed by atoms with Crippen molar-refractivity contribution in [2.45, 2.75) is 25.7 Å². The molecule has 1 aromatic rings. The van der Waals surface area contributed by atoms with Gasteiger partial charge in [-0.1, -0.05) is 30.3 Å². The molecule has 1 aliphatic rings. The molecule has 1 saturated carbocycles. The summed E-state index contributed by atoms with van der Waals surface area (Å²) in [5.41, 5.74) is 1.26. The van der Waals surface area contributed by atoms with E-state index in [1.807, 2.05) is 18.2 Å². The van der Waals surface area contributed by atoms with Crippen LogP contribution >= 0.6 is 0 Å². The molecular weight excluding hydrogens is 188 g/mol. The Balaban J connectivity index is 1.97. The molecule has 0 spiro atoms. The van der Waals surface area contributed by atoms with Crippen LogP contribution in [0.4, 0.5) is 0 Å². The van der Waals surface area contributed by atoms with Crippen molar-refractivity contribution in [2.75, 3.05) is 0 Å². The molecule has 1 fully saturated rings. The SMILES string of the molecule is O=C(O)CC(Cc1ccccc1)C1CC1. The lowest BCUT2D eigenvalue weighted by Gasteiger charge is -2.13. The van der Waals surface area contributed by atoms with Gasteiger partial charge >= 0.3 is 5.97 Å². The zero-order valence-electron chi connectivity index (χ0n) is 8.73. The van der Waals surface area contributed by atoms with Crippen molar-refractivity contribution in [2.24, 2.45) is 11.8 Å². The monoisotopic (exact) mass is 204 g/mol. The number of rotatable bonds is 5. The summed E-state index contributed by atoms with van der Waals surface area (Å²) in [5.74, 6) is 0.328. The van der Waals surface area contributed by atoms with E-state index in [2.05, 4.69) is 12.1 Å². The summed E-state index contributed by atoms with van der Waals surface area (Å²) in [5, 5.41) is 8.84. The second kappa shape index (κ2) is 4.47. The third kappa shape index (κ3) is 3.08. The maximum absolute atomic E-state index is 10.7. The fourth-order valence-corrected chi connectivity index (χ4v) is 2.11. The van der Waals surface area contributed by atoms with E-state index in [0.29, 0.717) is 18.3 Å². The molecule has 15 heavy (non-hydrogen) atoms. The Bertz CT molecular complexity index is 328. The Morgan fingerprint density at radius 1 is 1.33 bits per heavy atom. The summed E-state index contributed by atoms with van der Waals surface area (Å²) in [6.07, 6.45) is 3.66. The molecule has 2 heteroatoms. The van der Waals surface area contributed by atoms with E-state index in [0.717, 1.165) is 6.42 Å². The van der Waals surface area contributed by atoms with Crippen LogP contribution in [-0.2, 0) is 11.2 Å². The molecule has 0 saturated heterocycles. The Labute approximate surface area is 89.9 Å². The smallest absolute Gasteiger partial charge is 0.303 e. The summed E-state index contributed by atoms with van der Waals surface area (Å²) >= 11 is 0. The van der Waals surface area contributed by atoms with E-state index in [1.54, 1.807) is 0 Å². The molecule has 1 N–H and O–H groups in total. The fraction of sp³-hybridized carbons (Fsp3) is 0.462. The van der Waals surface area contributed by atoms with Gasteiger partial charge in [0.25, 0.3) is 0 Å². The largest absolute Gasteiger partial charge is 0.481 e. The summed E-state index contributed by atoms with van der Waals surface area (Å²) in [6.45, 7) is 0. The molecule has 80 valence electrons. The number of carbonyl (C=O) groups is 1. The van der Waals surface area contributed by atoms with Crippen LogP contribution in [0.2, 0.25) is 0 Å². The molecule has 1 atom stereocenters. The van der Waals surface area contributed by atoms with Gasteiger partial charge in [0.15, 0.2) is 0 Å². The number of hydrogen-bond donors (Lipinski definition) is 1. The minimum atomic E-state index is -0.664. The van der Waals surface area contributed by atoms with Crippen molar-refractivity contribution in [3.8, 4) is 0 Å². The number of carboxylic acid groups (broad SMARTS) is 1. The lowest BCUT2D eigenvalue weighted by atomic mass is 9.92. The second-order valence-corrected chi connectivity index (χ2v) is 4.39. The van der Waals surface area contributed by atoms with Crippen LogP contribution in [0.25, 0.3) is 0 Å². The predicted octanol–water partition coefficient (Wildman–Crippen LogP) is 2.73. The fourth-order valence-electron chi connectivity index (χ4n) is 2.11. The minimum absolute atomic E-state index is 0.319. The van der Waals surface area contributed by atoms with Crippen LogP contribution < -0.4 is 0 Å². The van der Waals surface area contributed by atoms with Crippen molar-refractivity contribution < 1.29 is 9.90 Å². The van der Waals surface area contributed by atoms with Crippen molar-refractivity contribution in [3.05, 3.63) is 35.9 Å². The molecular formula is C13H16O2. The number of carboxylic acids is 1. The number of aliphatic carboxylic acids is 1. The van der Waals surface area contributed by atoms with Crippen LogP contribution in [0.5, 0.6) is 0 Å². The van der Waals surface area contributed by atoms with Gasteiger partial charge < -0.3 is 5.11 Å². The molecule has 0 amide bonds. The van der Waals surface area contributed by atoms with E-state index in [4.69, 9.17) is 5.11 Å². The van der Waals surface area contributed by atoms with Gasteiger partial charge in [-0.2, -0.15) is 0 Å². The van der Waals surface area contributed by atoms with E-state index in [-0.39, 0.29) is 0 Å². The highest BCUT2D eigenvalue weighted by Gasteiger charge is 2.32. The lowest BCUT2D eigenvalue weighted by molar-refractivity contribution is -0.138. The van der Waals surface area contributed by atoms with E-state index in [9.17, 15) is 4.79 Å². The van der Waals surface area contributed by atoms with Gasteiger partial charge in [0.2, 0.25) is 0 Å². The third-order valence-corrected chi connectivity index (χ3v) is 3.07. The Kier molecular flexibility index (Phi) is 3.05. The summed E-state index contributed by atoms with van der Waals surface area (Å²) < 4.78 is 0. The van der Waals surface area contributed by atoms with E-state index < -0.39 is 5.97 Å². The average Bonchev–Trinajstić information content (AvgIpc) is 3.01. The first-order valence-electron chi connectivity index (χ1n) is 5.51. The topological polar surface area (TPSA) is 37.3 Å². The van der Waals surface area contributed by atoms with Crippen LogP contribution in [0.1, 0.15) is 24.8 Å². The lowest BCUT2D eigenvalue weighted by Crippen LogP contribution is -2.12. The maximum Gasteiger partial charge on any atom is 0.303 e. The highest BCUT2D eigenvalue weighted by Crippen LogP contribution is 2.40. The van der Waals surface area contributed by atoms with Crippen molar-refractivity contribution in [3.63, 3.8) is 0 Å². The van der Waals surface area contributed by atoms with Gasteiger partial charge in [-0.05, 0) is 36.7 Å². The minimum Gasteiger partial charge on any atom is -0.481 e. The predicted molar refractivity (Wildman–Crippen MR) is 58.6 cm³/mol. The highest BCUT2D eigenvalue weighted by atomic mass is 16.4. The second-order valence-electron chi connectivity index (χ2n) is 4.39. The Morgan fingerprint density at radius 2 is 2.00 bits per heavy atom. The van der Waals surface area contributed by atoms with Crippen LogP contribution in [-0.4, -0.2) is 11.1 Å². The molecule has 2 nitrogen and oxygen atoms in total. The van der Waals surface area contributed by atoms with Gasteiger partial charge in [0, 0.05) is 6.42 Å². The molecule has 0 heterocycles. The molecule has 1 aliphatic carbocycles. The van der Waals surface area contributed by atoms with Crippen LogP contribution in [0.15, 0.2) is 30.3 Å². The van der Waals surface area contributed by atoms with Gasteiger partial charge in [-0.3, -0.25) is 4.79 Å². The molecule has 0 bridgehead atoms. The molecule has 1 unspecified atom stereocenters. The molecule has 0 aromatic heterocycles. The zero-order chi connectivity index (χ0) is 10.7. The summed E-state index contributed by atoms with van der Waals surface area (Å²) in [4.78, 5) is 10.7. The first-order valence-corrected chi connectivity index (χ1v) is 5.51. The van der Waals surface area contributed by atoms with Gasteiger partial charge in [-0.25, -0.2) is 0 Å². The standard InChI is InChI=1S/C13H16O2/c14-13(15)9-12(11-6-7-11)8-10-4-2-1-3-5-10/h1-5,11-12H,6-9H2,(H,14,15). The Morgan fingerprint density at radius 3 is 2.53 bits per heavy atom. The van der Waals surface area contributed by atoms with Crippen molar-refractivity contribution >= 4 is 5.97 Å². The molecule has 1 aromatic carbocycles. The number of benzene rings is 1. The first-order chi connectivity index (χ1) is 7.25.